The first-order valence-electron chi connectivity index (χ1n) is 7.70. The number of nitro benzene ring substituents is 1. The first-order chi connectivity index (χ1) is 12.1. The number of morpholine rings is 1. The Hall–Kier alpha value is -3.24. The molecule has 2 atom stereocenters. The number of carbonyl (C=O) groups is 1. The molecule has 0 bridgehead atoms. The third kappa shape index (κ3) is 3.49. The zero-order valence-electron chi connectivity index (χ0n) is 13.2. The fourth-order valence-electron chi connectivity index (χ4n) is 2.93. The Morgan fingerprint density at radius 1 is 1.20 bits per heavy atom. The highest BCUT2D eigenvalue weighted by atomic mass is 16.6. The number of esters is 1. The van der Waals surface area contributed by atoms with E-state index < -0.39 is 16.9 Å². The Morgan fingerprint density at radius 2 is 1.88 bits per heavy atom. The third-order valence-electron chi connectivity index (χ3n) is 4.17. The van der Waals surface area contributed by atoms with Crippen LogP contribution in [-0.4, -0.2) is 28.9 Å². The summed E-state index contributed by atoms with van der Waals surface area (Å²) in [6.45, 7) is 0.142. The molecule has 7 heteroatoms. The lowest BCUT2D eigenvalue weighted by atomic mass is 9.99. The van der Waals surface area contributed by atoms with E-state index in [4.69, 9.17) is 4.74 Å². The van der Waals surface area contributed by atoms with Gasteiger partial charge < -0.3 is 4.74 Å². The minimum atomic E-state index is -0.709. The third-order valence-corrected chi connectivity index (χ3v) is 4.17. The fourth-order valence-corrected chi connectivity index (χ4v) is 2.93. The highest BCUT2D eigenvalue weighted by molar-refractivity contribution is 5.72. The average molecular weight is 337 g/mol. The zero-order chi connectivity index (χ0) is 17.8. The molecule has 3 rings (SSSR count). The molecule has 2 aromatic carbocycles. The summed E-state index contributed by atoms with van der Waals surface area (Å²) in [5, 5.41) is 20.5. The van der Waals surface area contributed by atoms with Crippen LogP contribution in [0.25, 0.3) is 0 Å². The number of hydrogen-bond acceptors (Lipinski definition) is 6. The molecule has 0 N–H and O–H groups in total. The monoisotopic (exact) mass is 337 g/mol. The smallest absolute Gasteiger partial charge is 0.320 e. The lowest BCUT2D eigenvalue weighted by Crippen LogP contribution is -2.44. The van der Waals surface area contributed by atoms with E-state index in [1.807, 2.05) is 30.3 Å². The maximum atomic E-state index is 11.8. The maximum Gasteiger partial charge on any atom is 0.320 e. The SMILES string of the molecule is N#C[C@@H](c1ccc([N+](=O)[O-])cc1)N1CC(=O)OC[C@@H]1c1ccccc1. The molecule has 0 aromatic heterocycles. The number of carbonyl (C=O) groups excluding carboxylic acids is 1. The Labute approximate surface area is 144 Å². The van der Waals surface area contributed by atoms with Crippen molar-refractivity contribution in [3.63, 3.8) is 0 Å². The second-order valence-electron chi connectivity index (χ2n) is 5.66. The summed E-state index contributed by atoms with van der Waals surface area (Å²) in [6.07, 6.45) is 0. The van der Waals surface area contributed by atoms with Crippen molar-refractivity contribution in [1.82, 2.24) is 4.90 Å². The van der Waals surface area contributed by atoms with Gasteiger partial charge in [0.05, 0.1) is 23.6 Å². The van der Waals surface area contributed by atoms with E-state index in [2.05, 4.69) is 6.07 Å². The van der Waals surface area contributed by atoms with Gasteiger partial charge >= 0.3 is 5.97 Å². The molecular weight excluding hydrogens is 322 g/mol. The van der Waals surface area contributed by atoms with Gasteiger partial charge in [-0.25, -0.2) is 0 Å². The summed E-state index contributed by atoms with van der Waals surface area (Å²) in [6, 6.07) is 16.6. The van der Waals surface area contributed by atoms with E-state index in [-0.39, 0.29) is 24.9 Å². The molecule has 0 aliphatic carbocycles. The van der Waals surface area contributed by atoms with Gasteiger partial charge in [-0.2, -0.15) is 5.26 Å². The van der Waals surface area contributed by atoms with Gasteiger partial charge in [-0.15, -0.1) is 0 Å². The molecule has 0 amide bonds. The van der Waals surface area contributed by atoms with Crippen LogP contribution >= 0.6 is 0 Å². The summed E-state index contributed by atoms with van der Waals surface area (Å²) in [4.78, 5) is 23.9. The molecular formula is C18H15N3O4. The van der Waals surface area contributed by atoms with Gasteiger partial charge in [-0.1, -0.05) is 30.3 Å². The number of hydrogen-bond donors (Lipinski definition) is 0. The molecule has 1 saturated heterocycles. The van der Waals surface area contributed by atoms with E-state index in [1.54, 1.807) is 17.0 Å². The second-order valence-corrected chi connectivity index (χ2v) is 5.66. The number of benzene rings is 2. The van der Waals surface area contributed by atoms with Crippen LogP contribution in [0.2, 0.25) is 0 Å². The zero-order valence-corrected chi connectivity index (χ0v) is 13.2. The van der Waals surface area contributed by atoms with Crippen LogP contribution in [-0.2, 0) is 9.53 Å². The number of rotatable bonds is 4. The normalized spacial score (nSPS) is 18.8. The lowest BCUT2D eigenvalue weighted by Gasteiger charge is -2.37. The van der Waals surface area contributed by atoms with Gasteiger partial charge in [0.15, 0.2) is 0 Å². The summed E-state index contributed by atoms with van der Waals surface area (Å²) >= 11 is 0. The molecule has 1 heterocycles. The molecule has 2 aromatic rings. The Balaban J connectivity index is 1.94. The van der Waals surface area contributed by atoms with Crippen LogP contribution in [0.15, 0.2) is 54.6 Å². The molecule has 25 heavy (non-hydrogen) atoms. The number of non-ortho nitro benzene ring substituents is 1. The van der Waals surface area contributed by atoms with E-state index in [9.17, 15) is 20.2 Å². The molecule has 1 aliphatic rings. The number of cyclic esters (lactones) is 1. The standard InChI is InChI=1S/C18H15N3O4/c19-10-16(14-6-8-15(9-7-14)21(23)24)20-11-18(22)25-12-17(20)13-4-2-1-3-5-13/h1-9,16-17H,11-12H2/t16-,17+/m0/s1. The van der Waals surface area contributed by atoms with Gasteiger partial charge in [0.1, 0.15) is 12.6 Å². The van der Waals surface area contributed by atoms with Crippen molar-refractivity contribution >= 4 is 11.7 Å². The first-order valence-corrected chi connectivity index (χ1v) is 7.70. The fraction of sp³-hybridized carbons (Fsp3) is 0.222. The molecule has 0 unspecified atom stereocenters. The van der Waals surface area contributed by atoms with E-state index >= 15 is 0 Å². The molecule has 126 valence electrons. The highest BCUT2D eigenvalue weighted by Crippen LogP contribution is 2.33. The Kier molecular flexibility index (Phi) is 4.73. The van der Waals surface area contributed by atoms with Crippen molar-refractivity contribution in [2.75, 3.05) is 13.2 Å². The number of nitriles is 1. The van der Waals surface area contributed by atoms with Gasteiger partial charge in [0, 0.05) is 12.1 Å². The van der Waals surface area contributed by atoms with Crippen LogP contribution in [0.3, 0.4) is 0 Å². The van der Waals surface area contributed by atoms with Crippen molar-refractivity contribution in [1.29, 1.82) is 5.26 Å². The van der Waals surface area contributed by atoms with Crippen molar-refractivity contribution < 1.29 is 14.5 Å². The maximum absolute atomic E-state index is 11.8. The van der Waals surface area contributed by atoms with Gasteiger partial charge in [0.2, 0.25) is 0 Å². The minimum absolute atomic E-state index is 0.0191. The van der Waals surface area contributed by atoms with Crippen molar-refractivity contribution in [2.24, 2.45) is 0 Å². The number of ether oxygens (including phenoxy) is 1. The molecule has 0 radical (unpaired) electrons. The molecule has 0 spiro atoms. The summed E-state index contributed by atoms with van der Waals surface area (Å²) in [5.74, 6) is -0.394. The van der Waals surface area contributed by atoms with Crippen LogP contribution in [0, 0.1) is 21.4 Å². The molecule has 0 saturated carbocycles. The van der Waals surface area contributed by atoms with E-state index in [1.165, 1.54) is 12.1 Å². The predicted molar refractivity (Wildman–Crippen MR) is 88.3 cm³/mol. The molecule has 1 aliphatic heterocycles. The minimum Gasteiger partial charge on any atom is -0.463 e. The molecule has 7 nitrogen and oxygen atoms in total. The Bertz CT molecular complexity index is 814. The van der Waals surface area contributed by atoms with E-state index in [0.717, 1.165) is 5.56 Å². The van der Waals surface area contributed by atoms with Crippen LogP contribution in [0.1, 0.15) is 23.2 Å². The predicted octanol–water partition coefficient (Wildman–Crippen LogP) is 2.76. The highest BCUT2D eigenvalue weighted by Gasteiger charge is 2.35. The summed E-state index contributed by atoms with van der Waals surface area (Å²) < 4.78 is 5.18. The number of nitro groups is 1. The average Bonchev–Trinajstić information content (AvgIpc) is 2.64. The second kappa shape index (κ2) is 7.11. The van der Waals surface area contributed by atoms with Gasteiger partial charge in [-0.05, 0) is 23.3 Å². The van der Waals surface area contributed by atoms with Crippen molar-refractivity contribution in [3.05, 3.63) is 75.8 Å². The lowest BCUT2D eigenvalue weighted by molar-refractivity contribution is -0.384. The Morgan fingerprint density at radius 3 is 2.48 bits per heavy atom. The quantitative estimate of drug-likeness (QED) is 0.483. The summed E-state index contributed by atoms with van der Waals surface area (Å²) in [5.41, 5.74) is 1.50. The van der Waals surface area contributed by atoms with E-state index in [0.29, 0.717) is 5.56 Å². The first kappa shape index (κ1) is 16.6. The van der Waals surface area contributed by atoms with Crippen LogP contribution in [0.4, 0.5) is 5.69 Å². The van der Waals surface area contributed by atoms with Gasteiger partial charge in [0.25, 0.3) is 5.69 Å². The largest absolute Gasteiger partial charge is 0.463 e. The number of nitrogens with zero attached hydrogens (tertiary/aromatic N) is 3. The van der Waals surface area contributed by atoms with Gasteiger partial charge in [-0.3, -0.25) is 19.8 Å². The van der Waals surface area contributed by atoms with Crippen LogP contribution < -0.4 is 0 Å². The van der Waals surface area contributed by atoms with Crippen LogP contribution in [0.5, 0.6) is 0 Å². The van der Waals surface area contributed by atoms with Crippen molar-refractivity contribution in [3.8, 4) is 6.07 Å². The molecule has 1 fully saturated rings. The summed E-state index contributed by atoms with van der Waals surface area (Å²) in [7, 11) is 0. The van der Waals surface area contributed by atoms with Crippen molar-refractivity contribution in [2.45, 2.75) is 12.1 Å². The topological polar surface area (TPSA) is 96.5 Å².